The Bertz CT molecular complexity index is 1370. The van der Waals surface area contributed by atoms with Crippen LogP contribution in [0.3, 0.4) is 0 Å². The monoisotopic (exact) mass is 463 g/mol. The molecule has 1 aromatic carbocycles. The van der Waals surface area contributed by atoms with Gasteiger partial charge in [0.15, 0.2) is 5.82 Å². The van der Waals surface area contributed by atoms with Gasteiger partial charge in [0.05, 0.1) is 16.7 Å². The minimum absolute atomic E-state index is 0.0863. The number of methoxy groups -OCH3 is 1. The third-order valence-corrected chi connectivity index (χ3v) is 6.97. The molecule has 3 heterocycles. The number of aromatic nitrogens is 3. The summed E-state index contributed by atoms with van der Waals surface area (Å²) in [7, 11) is -0.813. The first-order chi connectivity index (χ1) is 17.6. The van der Waals surface area contributed by atoms with Crippen LogP contribution in [0.15, 0.2) is 41.2 Å². The first-order valence-electron chi connectivity index (χ1n) is 13.1. The second-order valence-corrected chi connectivity index (χ2v) is 8.75. The maximum absolute atomic E-state index is 12.7. The third kappa shape index (κ3) is 4.24. The molecule has 0 N–H and O–H groups in total. The summed E-state index contributed by atoms with van der Waals surface area (Å²) in [5.74, 6) is 1.12. The molecule has 2 aromatic heterocycles. The van der Waals surface area contributed by atoms with Gasteiger partial charge in [-0.1, -0.05) is 32.6 Å². The zero-order chi connectivity index (χ0) is 26.9. The molecular weight excluding hydrogens is 428 g/mol. The fourth-order valence-electron chi connectivity index (χ4n) is 4.89. The van der Waals surface area contributed by atoms with Gasteiger partial charge >= 0.3 is 5.69 Å². The topological polar surface area (TPSA) is 67.8 Å². The number of nitrogens with zero attached hydrogens (tertiary/aromatic N) is 6. The standard InChI is InChI=1S/C26H32N6O2/c1-7-19-16-32(25-24-22(30(5)26(33)29-25)13-14-23(27-4)28-24)20(8-2)15-31(19)17(3)18-9-11-21(34-6)12-10-18/h9-14,17,19-20H,7-8,15-16H2,1-3,5-6H3/t17?,19-,20+/m1/s1/i6D3. The van der Waals surface area contributed by atoms with E-state index in [4.69, 9.17) is 15.4 Å². The van der Waals surface area contributed by atoms with Crippen molar-refractivity contribution in [2.75, 3.05) is 25.0 Å². The van der Waals surface area contributed by atoms with Gasteiger partial charge in [0.2, 0.25) is 5.52 Å². The Morgan fingerprint density at radius 3 is 2.53 bits per heavy atom. The van der Waals surface area contributed by atoms with Gasteiger partial charge in [-0.25, -0.2) is 4.79 Å². The average Bonchev–Trinajstić information content (AvgIpc) is 2.88. The summed E-state index contributed by atoms with van der Waals surface area (Å²) in [6.07, 6.45) is 1.73. The second kappa shape index (κ2) is 9.82. The van der Waals surface area contributed by atoms with Crippen LogP contribution in [0.5, 0.6) is 5.75 Å². The van der Waals surface area contributed by atoms with Crippen molar-refractivity contribution >= 4 is 22.7 Å². The normalized spacial score (nSPS) is 21.4. The van der Waals surface area contributed by atoms with E-state index in [0.717, 1.165) is 24.9 Å². The lowest BCUT2D eigenvalue weighted by Gasteiger charge is -2.49. The van der Waals surface area contributed by atoms with E-state index in [1.165, 1.54) is 4.57 Å². The molecule has 3 aromatic rings. The molecule has 1 saturated heterocycles. The number of fused-ring (bicyclic) bond motifs is 1. The summed E-state index contributed by atoms with van der Waals surface area (Å²) in [4.78, 5) is 29.8. The van der Waals surface area contributed by atoms with E-state index < -0.39 is 7.04 Å². The summed E-state index contributed by atoms with van der Waals surface area (Å²) in [6, 6.07) is 11.0. The summed E-state index contributed by atoms with van der Waals surface area (Å²) in [5, 5.41) is 0. The highest BCUT2D eigenvalue weighted by Gasteiger charge is 2.37. The summed E-state index contributed by atoms with van der Waals surface area (Å²) >= 11 is 0. The largest absolute Gasteiger partial charge is 0.497 e. The third-order valence-electron chi connectivity index (χ3n) is 6.97. The lowest BCUT2D eigenvalue weighted by atomic mass is 9.97. The van der Waals surface area contributed by atoms with Gasteiger partial charge in [0.25, 0.3) is 5.82 Å². The number of piperazine rings is 1. The molecule has 178 valence electrons. The van der Waals surface area contributed by atoms with Crippen LogP contribution in [0.2, 0.25) is 0 Å². The van der Waals surface area contributed by atoms with Gasteiger partial charge in [-0.15, -0.1) is 4.98 Å². The lowest BCUT2D eigenvalue weighted by Crippen LogP contribution is -2.59. The molecule has 0 radical (unpaired) electrons. The number of hydrogen-bond acceptors (Lipinski definition) is 6. The molecule has 0 saturated carbocycles. The molecule has 1 aliphatic rings. The Balaban J connectivity index is 1.67. The minimum Gasteiger partial charge on any atom is -0.497 e. The zero-order valence-electron chi connectivity index (χ0n) is 23.0. The quantitative estimate of drug-likeness (QED) is 0.507. The number of anilines is 1. The molecule has 0 aliphatic carbocycles. The van der Waals surface area contributed by atoms with Crippen molar-refractivity contribution in [2.45, 2.75) is 51.7 Å². The van der Waals surface area contributed by atoms with Gasteiger partial charge in [-0.3, -0.25) is 9.47 Å². The average molecular weight is 464 g/mol. The first-order valence-corrected chi connectivity index (χ1v) is 11.6. The second-order valence-electron chi connectivity index (χ2n) is 8.75. The van der Waals surface area contributed by atoms with Gasteiger partial charge in [-0.2, -0.15) is 4.98 Å². The molecule has 8 nitrogen and oxygen atoms in total. The summed E-state index contributed by atoms with van der Waals surface area (Å²) in [5.41, 5.74) is 1.94. The molecule has 1 aliphatic heterocycles. The fraction of sp³-hybridized carbons (Fsp3) is 0.462. The molecule has 0 spiro atoms. The number of hydrogen-bond donors (Lipinski definition) is 0. The van der Waals surface area contributed by atoms with Crippen molar-refractivity contribution < 1.29 is 8.85 Å². The van der Waals surface area contributed by atoms with Crippen molar-refractivity contribution in [3.8, 4) is 5.75 Å². The molecule has 1 unspecified atom stereocenters. The molecule has 3 atom stereocenters. The molecule has 8 heteroatoms. The van der Waals surface area contributed by atoms with Crippen LogP contribution in [0.1, 0.15) is 49.3 Å². The van der Waals surface area contributed by atoms with Gasteiger partial charge in [-0.05, 0) is 49.6 Å². The van der Waals surface area contributed by atoms with E-state index in [-0.39, 0.29) is 29.6 Å². The van der Waals surface area contributed by atoms with Crippen LogP contribution in [-0.4, -0.2) is 51.6 Å². The summed E-state index contributed by atoms with van der Waals surface area (Å²) in [6.45, 7) is 15.2. The van der Waals surface area contributed by atoms with Crippen LogP contribution < -0.4 is 15.3 Å². The Kier molecular flexibility index (Phi) is 5.77. The SMILES string of the molecule is [2H]C([2H])([2H])Oc1ccc(C(C)N2C[C@H](CC)N(c3nc(=O)n(C)c4ccc([N+]#[C-])nc34)C[C@H]2CC)cc1. The smallest absolute Gasteiger partial charge is 0.350 e. The molecule has 4 rings (SSSR count). The summed E-state index contributed by atoms with van der Waals surface area (Å²) < 4.78 is 28.4. The number of benzene rings is 1. The van der Waals surface area contributed by atoms with Crippen LogP contribution in [0.25, 0.3) is 15.9 Å². The molecule has 0 bridgehead atoms. The molecule has 34 heavy (non-hydrogen) atoms. The number of aryl methyl sites for hydroxylation is 1. The van der Waals surface area contributed by atoms with Crippen LogP contribution in [-0.2, 0) is 7.05 Å². The number of rotatable bonds is 6. The molecule has 0 amide bonds. The van der Waals surface area contributed by atoms with Crippen molar-refractivity contribution in [2.24, 2.45) is 7.05 Å². The van der Waals surface area contributed by atoms with Crippen molar-refractivity contribution in [1.82, 2.24) is 19.4 Å². The van der Waals surface area contributed by atoms with Crippen LogP contribution >= 0.6 is 0 Å². The Morgan fingerprint density at radius 1 is 1.15 bits per heavy atom. The van der Waals surface area contributed by atoms with Gasteiger partial charge < -0.3 is 14.5 Å². The van der Waals surface area contributed by atoms with E-state index in [1.807, 2.05) is 12.1 Å². The Labute approximate surface area is 204 Å². The molecular formula is C26H32N6O2. The Morgan fingerprint density at radius 2 is 1.88 bits per heavy atom. The molecule has 1 fully saturated rings. The predicted octanol–water partition coefficient (Wildman–Crippen LogP) is 4.33. The highest BCUT2D eigenvalue weighted by molar-refractivity contribution is 5.87. The lowest BCUT2D eigenvalue weighted by molar-refractivity contribution is 0.101. The van der Waals surface area contributed by atoms with E-state index in [9.17, 15) is 4.79 Å². The predicted molar refractivity (Wildman–Crippen MR) is 135 cm³/mol. The fourth-order valence-corrected chi connectivity index (χ4v) is 4.89. The van der Waals surface area contributed by atoms with E-state index >= 15 is 0 Å². The Hall–Kier alpha value is -3.44. The maximum atomic E-state index is 12.7. The van der Waals surface area contributed by atoms with Gasteiger partial charge in [0.1, 0.15) is 5.75 Å². The highest BCUT2D eigenvalue weighted by Crippen LogP contribution is 2.34. The zero-order valence-corrected chi connectivity index (χ0v) is 20.0. The van der Waals surface area contributed by atoms with Crippen molar-refractivity contribution in [1.29, 1.82) is 0 Å². The van der Waals surface area contributed by atoms with E-state index in [1.54, 1.807) is 31.3 Å². The van der Waals surface area contributed by atoms with Gasteiger partial charge in [0, 0.05) is 38.3 Å². The van der Waals surface area contributed by atoms with E-state index in [0.29, 0.717) is 29.1 Å². The number of pyridine rings is 1. The van der Waals surface area contributed by atoms with Crippen molar-refractivity contribution in [3.63, 3.8) is 0 Å². The first kappa shape index (κ1) is 20.0. The van der Waals surface area contributed by atoms with Crippen LogP contribution in [0, 0.1) is 6.57 Å². The maximum Gasteiger partial charge on any atom is 0.350 e. The van der Waals surface area contributed by atoms with Crippen LogP contribution in [0.4, 0.5) is 11.6 Å². The van der Waals surface area contributed by atoms with Crippen molar-refractivity contribution in [3.05, 3.63) is 63.9 Å². The number of ether oxygens (including phenoxy) is 1. The minimum atomic E-state index is -2.48. The highest BCUT2D eigenvalue weighted by atomic mass is 16.5. The van der Waals surface area contributed by atoms with E-state index in [2.05, 4.69) is 45.4 Å².